The number of primary amides is 1. The van der Waals surface area contributed by atoms with Crippen LogP contribution >= 0.6 is 0 Å². The SMILES string of the molecule is NC(=O)C1=CC(CC2CCOCC2)=CNC1. The van der Waals surface area contributed by atoms with Gasteiger partial charge in [-0.1, -0.05) is 0 Å². The zero-order valence-corrected chi connectivity index (χ0v) is 9.37. The van der Waals surface area contributed by atoms with E-state index in [1.54, 1.807) is 0 Å². The number of hydrogen-bond acceptors (Lipinski definition) is 3. The lowest BCUT2D eigenvalue weighted by molar-refractivity contribution is -0.114. The molecule has 0 aromatic carbocycles. The summed E-state index contributed by atoms with van der Waals surface area (Å²) < 4.78 is 5.32. The summed E-state index contributed by atoms with van der Waals surface area (Å²) in [5.74, 6) is 0.343. The summed E-state index contributed by atoms with van der Waals surface area (Å²) in [6.45, 7) is 2.27. The van der Waals surface area contributed by atoms with Crippen molar-refractivity contribution in [2.45, 2.75) is 19.3 Å². The first kappa shape index (κ1) is 11.2. The molecule has 0 spiro atoms. The third-order valence-corrected chi connectivity index (χ3v) is 3.12. The second-order valence-electron chi connectivity index (χ2n) is 4.39. The highest BCUT2D eigenvalue weighted by Crippen LogP contribution is 2.24. The molecule has 2 heterocycles. The van der Waals surface area contributed by atoms with E-state index in [4.69, 9.17) is 10.5 Å². The van der Waals surface area contributed by atoms with Crippen LogP contribution in [-0.4, -0.2) is 25.7 Å². The van der Waals surface area contributed by atoms with Crippen molar-refractivity contribution in [3.05, 3.63) is 23.4 Å². The molecule has 4 heteroatoms. The van der Waals surface area contributed by atoms with Crippen molar-refractivity contribution in [1.29, 1.82) is 0 Å². The van der Waals surface area contributed by atoms with E-state index in [2.05, 4.69) is 5.32 Å². The van der Waals surface area contributed by atoms with Crippen LogP contribution in [0.25, 0.3) is 0 Å². The Labute approximate surface area is 95.5 Å². The molecule has 0 bridgehead atoms. The van der Waals surface area contributed by atoms with Crippen LogP contribution in [0.4, 0.5) is 0 Å². The molecule has 3 N–H and O–H groups in total. The van der Waals surface area contributed by atoms with Crippen molar-refractivity contribution in [3.63, 3.8) is 0 Å². The molecule has 1 amide bonds. The minimum absolute atomic E-state index is 0.329. The number of carbonyl (C=O) groups is 1. The van der Waals surface area contributed by atoms with Gasteiger partial charge in [-0.25, -0.2) is 0 Å². The molecular weight excluding hydrogens is 204 g/mol. The molecule has 0 unspecified atom stereocenters. The zero-order valence-electron chi connectivity index (χ0n) is 9.37. The third kappa shape index (κ3) is 2.85. The van der Waals surface area contributed by atoms with Gasteiger partial charge in [-0.2, -0.15) is 0 Å². The van der Waals surface area contributed by atoms with Gasteiger partial charge in [-0.3, -0.25) is 4.79 Å². The maximum Gasteiger partial charge on any atom is 0.246 e. The molecule has 0 radical (unpaired) electrons. The Kier molecular flexibility index (Phi) is 3.62. The van der Waals surface area contributed by atoms with Crippen molar-refractivity contribution >= 4 is 5.91 Å². The molecule has 2 aliphatic rings. The van der Waals surface area contributed by atoms with Crippen LogP contribution in [0.3, 0.4) is 0 Å². The van der Waals surface area contributed by atoms with Crippen molar-refractivity contribution in [3.8, 4) is 0 Å². The molecule has 0 aliphatic carbocycles. The maximum absolute atomic E-state index is 11.1. The molecule has 0 aromatic heterocycles. The summed E-state index contributed by atoms with van der Waals surface area (Å²) in [7, 11) is 0. The zero-order chi connectivity index (χ0) is 11.4. The van der Waals surface area contributed by atoms with Gasteiger partial charge in [0.15, 0.2) is 0 Å². The van der Waals surface area contributed by atoms with E-state index in [9.17, 15) is 4.79 Å². The first-order chi connectivity index (χ1) is 7.75. The lowest BCUT2D eigenvalue weighted by Gasteiger charge is -2.23. The fourth-order valence-electron chi connectivity index (χ4n) is 2.17. The first-order valence-corrected chi connectivity index (χ1v) is 5.76. The third-order valence-electron chi connectivity index (χ3n) is 3.12. The summed E-state index contributed by atoms with van der Waals surface area (Å²) in [6, 6.07) is 0. The molecular formula is C12H18N2O2. The van der Waals surface area contributed by atoms with Gasteiger partial charge in [0.1, 0.15) is 0 Å². The van der Waals surface area contributed by atoms with Gasteiger partial charge in [-0.05, 0) is 43.0 Å². The average Bonchev–Trinajstić information content (AvgIpc) is 2.30. The molecule has 2 rings (SSSR count). The molecule has 1 fully saturated rings. The number of allylic oxidation sites excluding steroid dienone is 2. The van der Waals surface area contributed by atoms with E-state index in [1.165, 1.54) is 5.57 Å². The van der Waals surface area contributed by atoms with Gasteiger partial charge in [0, 0.05) is 25.3 Å². The predicted octanol–water partition coefficient (Wildman–Crippen LogP) is 0.702. The monoisotopic (exact) mass is 222 g/mol. The number of carbonyl (C=O) groups excluding carboxylic acids is 1. The van der Waals surface area contributed by atoms with Gasteiger partial charge < -0.3 is 15.8 Å². The number of nitrogens with one attached hydrogen (secondary N) is 1. The molecule has 0 atom stereocenters. The molecule has 88 valence electrons. The number of ether oxygens (including phenoxy) is 1. The Morgan fingerprint density at radius 1 is 1.50 bits per heavy atom. The second kappa shape index (κ2) is 5.16. The van der Waals surface area contributed by atoms with E-state index >= 15 is 0 Å². The van der Waals surface area contributed by atoms with E-state index in [-0.39, 0.29) is 5.91 Å². The van der Waals surface area contributed by atoms with Crippen LogP contribution in [0.15, 0.2) is 23.4 Å². The second-order valence-corrected chi connectivity index (χ2v) is 4.39. The number of amides is 1. The number of hydrogen-bond donors (Lipinski definition) is 2. The Morgan fingerprint density at radius 2 is 2.25 bits per heavy atom. The van der Waals surface area contributed by atoms with Gasteiger partial charge in [0.2, 0.25) is 5.91 Å². The minimum Gasteiger partial charge on any atom is -0.386 e. The lowest BCUT2D eigenvalue weighted by atomic mass is 9.91. The van der Waals surface area contributed by atoms with E-state index in [0.717, 1.165) is 32.5 Å². The molecule has 4 nitrogen and oxygen atoms in total. The van der Waals surface area contributed by atoms with Crippen LogP contribution in [0, 0.1) is 5.92 Å². The highest BCUT2D eigenvalue weighted by molar-refractivity contribution is 5.93. The number of nitrogens with two attached hydrogens (primary N) is 1. The number of dihydropyridines is 1. The Hall–Kier alpha value is -1.29. The Balaban J connectivity index is 1.94. The topological polar surface area (TPSA) is 64.4 Å². The summed E-state index contributed by atoms with van der Waals surface area (Å²) >= 11 is 0. The largest absolute Gasteiger partial charge is 0.386 e. The van der Waals surface area contributed by atoms with Crippen molar-refractivity contribution in [2.24, 2.45) is 11.7 Å². The first-order valence-electron chi connectivity index (χ1n) is 5.76. The van der Waals surface area contributed by atoms with E-state index in [0.29, 0.717) is 18.0 Å². The fourth-order valence-corrected chi connectivity index (χ4v) is 2.17. The maximum atomic E-state index is 11.1. The summed E-state index contributed by atoms with van der Waals surface area (Å²) in [4.78, 5) is 11.1. The summed E-state index contributed by atoms with van der Waals surface area (Å²) in [5.41, 5.74) is 7.11. The summed E-state index contributed by atoms with van der Waals surface area (Å²) in [6.07, 6.45) is 7.14. The Morgan fingerprint density at radius 3 is 2.94 bits per heavy atom. The smallest absolute Gasteiger partial charge is 0.246 e. The van der Waals surface area contributed by atoms with Crippen molar-refractivity contribution in [1.82, 2.24) is 5.32 Å². The molecule has 16 heavy (non-hydrogen) atoms. The van der Waals surface area contributed by atoms with Crippen LogP contribution in [0.1, 0.15) is 19.3 Å². The predicted molar refractivity (Wildman–Crippen MR) is 61.5 cm³/mol. The molecule has 2 aliphatic heterocycles. The van der Waals surface area contributed by atoms with Crippen molar-refractivity contribution < 1.29 is 9.53 Å². The minimum atomic E-state index is -0.329. The summed E-state index contributed by atoms with van der Waals surface area (Å²) in [5, 5.41) is 3.09. The van der Waals surface area contributed by atoms with E-state index < -0.39 is 0 Å². The van der Waals surface area contributed by atoms with Crippen LogP contribution in [-0.2, 0) is 9.53 Å². The molecule has 0 saturated carbocycles. The highest BCUT2D eigenvalue weighted by Gasteiger charge is 2.17. The van der Waals surface area contributed by atoms with E-state index in [1.807, 2.05) is 12.3 Å². The van der Waals surface area contributed by atoms with Crippen LogP contribution < -0.4 is 11.1 Å². The van der Waals surface area contributed by atoms with Crippen LogP contribution in [0.5, 0.6) is 0 Å². The van der Waals surface area contributed by atoms with Gasteiger partial charge in [0.25, 0.3) is 0 Å². The average molecular weight is 222 g/mol. The van der Waals surface area contributed by atoms with Crippen LogP contribution in [0.2, 0.25) is 0 Å². The Bertz CT molecular complexity index is 328. The fraction of sp³-hybridized carbons (Fsp3) is 0.583. The van der Waals surface area contributed by atoms with Gasteiger partial charge in [-0.15, -0.1) is 0 Å². The molecule has 0 aromatic rings. The quantitative estimate of drug-likeness (QED) is 0.739. The lowest BCUT2D eigenvalue weighted by Crippen LogP contribution is -2.26. The number of rotatable bonds is 3. The highest BCUT2D eigenvalue weighted by atomic mass is 16.5. The van der Waals surface area contributed by atoms with Gasteiger partial charge >= 0.3 is 0 Å². The van der Waals surface area contributed by atoms with Crippen molar-refractivity contribution in [2.75, 3.05) is 19.8 Å². The molecule has 1 saturated heterocycles. The van der Waals surface area contributed by atoms with Gasteiger partial charge in [0.05, 0.1) is 0 Å². The normalized spacial score (nSPS) is 22.0. The standard InChI is InChI=1S/C12H18N2O2/c13-12(15)11-6-10(7-14-8-11)5-9-1-3-16-4-2-9/h6-7,9,14H,1-5,8H2,(H2,13,15).